The number of methoxy groups -OCH3 is 1. The van der Waals surface area contributed by atoms with E-state index in [1.165, 1.54) is 5.57 Å². The maximum Gasteiger partial charge on any atom is 0.335 e. The van der Waals surface area contributed by atoms with E-state index in [4.69, 9.17) is 14.2 Å². The molecular formula is C48H69NO11. The van der Waals surface area contributed by atoms with Crippen LogP contribution in [0.5, 0.6) is 0 Å². The first-order valence-corrected chi connectivity index (χ1v) is 22.8. The molecule has 9 rings (SSSR count). The Morgan fingerprint density at radius 3 is 2.42 bits per heavy atom. The highest BCUT2D eigenvalue weighted by Crippen LogP contribution is 2.89. The Balaban J connectivity index is 1.24. The van der Waals surface area contributed by atoms with Crippen LogP contribution in [0.4, 0.5) is 0 Å². The number of nitrogens with one attached hydrogen (secondary N) is 1. The van der Waals surface area contributed by atoms with Gasteiger partial charge in [0, 0.05) is 35.7 Å². The van der Waals surface area contributed by atoms with Gasteiger partial charge in [-0.25, -0.2) is 4.79 Å². The van der Waals surface area contributed by atoms with Gasteiger partial charge in [-0.15, -0.1) is 0 Å². The number of hydrogen-bond donors (Lipinski definition) is 6. The lowest BCUT2D eigenvalue weighted by Gasteiger charge is -2.84. The highest BCUT2D eigenvalue weighted by molar-refractivity contribution is 5.80. The Hall–Kier alpha value is -2.45. The molecule has 6 fully saturated rings. The highest BCUT2D eigenvalue weighted by atomic mass is 16.7. The van der Waals surface area contributed by atoms with Crippen LogP contribution in [0.15, 0.2) is 36.0 Å². The van der Waals surface area contributed by atoms with Crippen LogP contribution in [0.1, 0.15) is 98.8 Å². The topological polar surface area (TPSA) is 192 Å². The number of carboxylic acids is 2. The second-order valence-electron chi connectivity index (χ2n) is 22.4. The van der Waals surface area contributed by atoms with Crippen molar-refractivity contribution >= 4 is 18.2 Å². The summed E-state index contributed by atoms with van der Waals surface area (Å²) in [5.74, 6) is -1.91. The van der Waals surface area contributed by atoms with Crippen molar-refractivity contribution in [1.82, 2.24) is 5.32 Å². The fourth-order valence-corrected chi connectivity index (χ4v) is 18.3. The van der Waals surface area contributed by atoms with Gasteiger partial charge in [-0.2, -0.15) is 0 Å². The first-order valence-electron chi connectivity index (χ1n) is 22.8. The molecular weight excluding hydrogens is 767 g/mol. The molecule has 9 aliphatic rings. The summed E-state index contributed by atoms with van der Waals surface area (Å²) in [4.78, 5) is 39.3. The highest BCUT2D eigenvalue weighted by Gasteiger charge is 2.84. The Labute approximate surface area is 354 Å². The molecule has 0 aromatic rings. The Kier molecular flexibility index (Phi) is 9.83. The summed E-state index contributed by atoms with van der Waals surface area (Å²) in [7, 11) is 3.69. The predicted molar refractivity (Wildman–Crippen MR) is 220 cm³/mol. The number of carbonyl (C=O) groups excluding carboxylic acids is 1. The minimum atomic E-state index is -1.81. The van der Waals surface area contributed by atoms with Gasteiger partial charge in [-0.1, -0.05) is 70.6 Å². The molecule has 0 aromatic heterocycles. The molecule has 8 aliphatic carbocycles. The van der Waals surface area contributed by atoms with Gasteiger partial charge < -0.3 is 49.9 Å². The first kappa shape index (κ1) is 42.8. The third-order valence-corrected chi connectivity index (χ3v) is 20.2. The molecule has 12 nitrogen and oxygen atoms in total. The molecule has 332 valence electrons. The third-order valence-electron chi connectivity index (χ3n) is 20.2. The molecule has 19 unspecified atom stereocenters. The SMILES string of the molecule is CNCC1CC2C=C3C45C=CCC(C)(CC(COC)C4(C(=O)O)CCC34C(CC=O)C=CC23C2(C)C1CC(OC1OC(C(=O)O)C(O)C(O)C1O)C(C)(C)C2CCC43C)C5. The van der Waals surface area contributed by atoms with E-state index in [1.54, 1.807) is 7.11 Å². The van der Waals surface area contributed by atoms with Gasteiger partial charge in [-0.3, -0.25) is 4.79 Å². The van der Waals surface area contributed by atoms with E-state index in [1.807, 2.05) is 7.05 Å². The van der Waals surface area contributed by atoms with E-state index < -0.39 is 70.4 Å². The standard InChI is InChI=1S/C48H69NO11/c1-41(2)31-10-14-43(4)46-16-17-47(40(56)57)29(24-58-7)22-42(3)12-8-13-45(47,25-42)32(46)20-28-19-26(23-49-6)30(44(31,5)48(28,43)15-9-27(46)11-18-50)21-33(41)59-39-36(53)34(51)35(52)37(60-39)38(54)55/h8-9,13,15,18,20,26-31,33-37,39,49,51-53H,10-12,14,16-17,19,21-25H2,1-7H3,(H,54,55)(H,56,57). The van der Waals surface area contributed by atoms with E-state index in [2.05, 4.69) is 70.3 Å². The van der Waals surface area contributed by atoms with Crippen LogP contribution in [0.25, 0.3) is 0 Å². The number of ether oxygens (including phenoxy) is 3. The summed E-state index contributed by atoms with van der Waals surface area (Å²) in [6, 6.07) is 0. The Morgan fingerprint density at radius 1 is 1.00 bits per heavy atom. The second kappa shape index (κ2) is 13.8. The number of aliphatic hydroxyl groups excluding tert-OH is 3. The van der Waals surface area contributed by atoms with Gasteiger partial charge in [0.25, 0.3) is 0 Å². The number of fused-ring (bicyclic) bond motifs is 1. The zero-order valence-corrected chi connectivity index (χ0v) is 36.6. The quantitative estimate of drug-likeness (QED) is 0.0966. The molecule has 5 saturated carbocycles. The molecule has 12 heteroatoms. The van der Waals surface area contributed by atoms with Crippen LogP contribution in [-0.4, -0.2) is 108 Å². The second-order valence-corrected chi connectivity index (χ2v) is 22.4. The smallest absolute Gasteiger partial charge is 0.335 e. The minimum Gasteiger partial charge on any atom is -0.481 e. The minimum absolute atomic E-state index is 0.0846. The fourth-order valence-electron chi connectivity index (χ4n) is 18.3. The largest absolute Gasteiger partial charge is 0.481 e. The summed E-state index contributed by atoms with van der Waals surface area (Å²) in [6.07, 6.45) is 11.6. The van der Waals surface area contributed by atoms with Crippen LogP contribution in [0.3, 0.4) is 0 Å². The van der Waals surface area contributed by atoms with Crippen LogP contribution >= 0.6 is 0 Å². The summed E-state index contributed by atoms with van der Waals surface area (Å²) in [5.41, 5.74) is -2.54. The monoisotopic (exact) mass is 835 g/mol. The van der Waals surface area contributed by atoms with Crippen molar-refractivity contribution in [3.8, 4) is 0 Å². The number of rotatable bonds is 10. The number of carbonyl (C=O) groups is 3. The van der Waals surface area contributed by atoms with Crippen molar-refractivity contribution in [2.45, 2.75) is 136 Å². The Morgan fingerprint density at radius 2 is 1.75 bits per heavy atom. The lowest BCUT2D eigenvalue weighted by Crippen LogP contribution is -2.79. The van der Waals surface area contributed by atoms with E-state index in [9.17, 15) is 39.9 Å². The number of aldehydes is 1. The van der Waals surface area contributed by atoms with E-state index in [-0.39, 0.29) is 57.2 Å². The van der Waals surface area contributed by atoms with Crippen LogP contribution < -0.4 is 5.32 Å². The van der Waals surface area contributed by atoms with E-state index in [0.717, 1.165) is 51.4 Å². The number of aliphatic carboxylic acids is 2. The van der Waals surface area contributed by atoms with E-state index in [0.29, 0.717) is 32.3 Å². The summed E-state index contributed by atoms with van der Waals surface area (Å²) in [6.45, 7) is 13.0. The van der Waals surface area contributed by atoms with Gasteiger partial charge in [0.05, 0.1) is 18.1 Å². The average molecular weight is 836 g/mol. The van der Waals surface area contributed by atoms with Crippen LogP contribution in [-0.2, 0) is 28.6 Å². The third kappa shape index (κ3) is 4.85. The molecule has 0 amide bonds. The van der Waals surface area contributed by atoms with Crippen molar-refractivity contribution in [2.75, 3.05) is 27.3 Å². The van der Waals surface area contributed by atoms with E-state index >= 15 is 0 Å². The molecule has 4 bridgehead atoms. The molecule has 1 saturated heterocycles. The van der Waals surface area contributed by atoms with Gasteiger partial charge >= 0.3 is 11.9 Å². The lowest BCUT2D eigenvalue weighted by atomic mass is 9.19. The average Bonchev–Trinajstić information content (AvgIpc) is 3.16. The van der Waals surface area contributed by atoms with Gasteiger partial charge in [0.15, 0.2) is 12.4 Å². The molecule has 1 aliphatic heterocycles. The number of aliphatic hydroxyl groups is 3. The normalized spacial score (nSPS) is 54.1. The van der Waals surface area contributed by atoms with Gasteiger partial charge in [0.1, 0.15) is 24.6 Å². The predicted octanol–water partition coefficient (Wildman–Crippen LogP) is 5.15. The van der Waals surface area contributed by atoms with Gasteiger partial charge in [-0.05, 0) is 123 Å². The van der Waals surface area contributed by atoms with Crippen molar-refractivity contribution < 1.29 is 54.1 Å². The summed E-state index contributed by atoms with van der Waals surface area (Å²) >= 11 is 0. The first-order chi connectivity index (χ1) is 28.3. The fraction of sp³-hybridized carbons (Fsp3) is 0.812. The van der Waals surface area contributed by atoms with Crippen LogP contribution in [0.2, 0.25) is 0 Å². The molecule has 6 N–H and O–H groups in total. The van der Waals surface area contributed by atoms with Crippen molar-refractivity contribution in [3.05, 3.63) is 36.0 Å². The Bertz CT molecular complexity index is 1900. The molecule has 3 spiro atoms. The zero-order chi connectivity index (χ0) is 43.2. The number of hydrogen-bond acceptors (Lipinski definition) is 10. The summed E-state index contributed by atoms with van der Waals surface area (Å²) in [5, 5.41) is 57.5. The number of carboxylic acid groups (broad SMARTS) is 2. The van der Waals surface area contributed by atoms with Crippen molar-refractivity contribution in [1.29, 1.82) is 0 Å². The van der Waals surface area contributed by atoms with Gasteiger partial charge in [0.2, 0.25) is 0 Å². The lowest BCUT2D eigenvalue weighted by molar-refractivity contribution is -0.348. The van der Waals surface area contributed by atoms with Crippen molar-refractivity contribution in [2.24, 2.45) is 78.8 Å². The zero-order valence-electron chi connectivity index (χ0n) is 36.6. The maximum atomic E-state index is 14.3. The molecule has 0 aromatic carbocycles. The molecule has 60 heavy (non-hydrogen) atoms. The molecule has 19 atom stereocenters. The summed E-state index contributed by atoms with van der Waals surface area (Å²) < 4.78 is 18.4. The molecule has 1 heterocycles. The van der Waals surface area contributed by atoms with Crippen molar-refractivity contribution in [3.63, 3.8) is 0 Å². The maximum absolute atomic E-state index is 14.3. The van der Waals surface area contributed by atoms with Crippen LogP contribution in [0, 0.1) is 78.8 Å². The number of allylic oxidation sites excluding steroid dienone is 6. The molecule has 0 radical (unpaired) electrons.